The van der Waals surface area contributed by atoms with Gasteiger partial charge in [-0.05, 0) is 52.1 Å². The molecule has 2 heterocycles. The Balaban J connectivity index is 2.03. The van der Waals surface area contributed by atoms with Crippen LogP contribution in [0.1, 0.15) is 42.5 Å². The van der Waals surface area contributed by atoms with Crippen LogP contribution in [0.2, 0.25) is 0 Å². The second-order valence-corrected chi connectivity index (χ2v) is 5.87. The average molecular weight is 293 g/mol. The standard InChI is InChI=1S/C16H27N3O2/c1-12-14(6-8-17-9-11-20-4)13(2)19-15(18-12)16(3)7-5-10-21-16/h17H,5-11H2,1-4H3. The van der Waals surface area contributed by atoms with Crippen LogP contribution < -0.4 is 5.32 Å². The third-order valence-corrected chi connectivity index (χ3v) is 4.15. The molecule has 1 N–H and O–H groups in total. The van der Waals surface area contributed by atoms with Crippen molar-refractivity contribution in [3.05, 3.63) is 22.8 Å². The fourth-order valence-electron chi connectivity index (χ4n) is 2.81. The first-order valence-electron chi connectivity index (χ1n) is 7.75. The molecular formula is C16H27N3O2. The van der Waals surface area contributed by atoms with Crippen LogP contribution in [0.15, 0.2) is 0 Å². The van der Waals surface area contributed by atoms with E-state index in [-0.39, 0.29) is 5.60 Å². The highest BCUT2D eigenvalue weighted by molar-refractivity contribution is 5.26. The maximum atomic E-state index is 5.85. The smallest absolute Gasteiger partial charge is 0.160 e. The van der Waals surface area contributed by atoms with Crippen LogP contribution in [-0.4, -0.2) is 43.4 Å². The van der Waals surface area contributed by atoms with Gasteiger partial charge in [-0.3, -0.25) is 0 Å². The fraction of sp³-hybridized carbons (Fsp3) is 0.750. The molecule has 1 fully saturated rings. The Morgan fingerprint density at radius 1 is 1.24 bits per heavy atom. The van der Waals surface area contributed by atoms with Crippen LogP contribution in [0.3, 0.4) is 0 Å². The predicted molar refractivity (Wildman–Crippen MR) is 82.5 cm³/mol. The maximum Gasteiger partial charge on any atom is 0.160 e. The molecule has 5 heteroatoms. The number of nitrogens with one attached hydrogen (secondary N) is 1. The van der Waals surface area contributed by atoms with Crippen LogP contribution >= 0.6 is 0 Å². The van der Waals surface area contributed by atoms with Gasteiger partial charge in [0.25, 0.3) is 0 Å². The quantitative estimate of drug-likeness (QED) is 0.778. The monoisotopic (exact) mass is 293 g/mol. The normalized spacial score (nSPS) is 21.9. The Hall–Kier alpha value is -1.04. The summed E-state index contributed by atoms with van der Waals surface area (Å²) >= 11 is 0. The summed E-state index contributed by atoms with van der Waals surface area (Å²) < 4.78 is 10.9. The lowest BCUT2D eigenvalue weighted by Gasteiger charge is -2.23. The number of ether oxygens (including phenoxy) is 2. The van der Waals surface area contributed by atoms with Gasteiger partial charge >= 0.3 is 0 Å². The average Bonchev–Trinajstić information content (AvgIpc) is 2.89. The minimum atomic E-state index is -0.301. The van der Waals surface area contributed by atoms with Gasteiger partial charge in [0.1, 0.15) is 5.60 Å². The van der Waals surface area contributed by atoms with Crippen LogP contribution in [0.4, 0.5) is 0 Å². The molecule has 1 aromatic rings. The number of hydrogen-bond acceptors (Lipinski definition) is 5. The molecule has 0 aliphatic carbocycles. The molecule has 21 heavy (non-hydrogen) atoms. The summed E-state index contributed by atoms with van der Waals surface area (Å²) in [6.07, 6.45) is 3.03. The van der Waals surface area contributed by atoms with Crippen LogP contribution in [0.25, 0.3) is 0 Å². The number of nitrogens with zero attached hydrogens (tertiary/aromatic N) is 2. The number of hydrogen-bond donors (Lipinski definition) is 1. The molecule has 0 saturated carbocycles. The van der Waals surface area contributed by atoms with E-state index < -0.39 is 0 Å². The topological polar surface area (TPSA) is 56.3 Å². The molecule has 118 valence electrons. The molecular weight excluding hydrogens is 266 g/mol. The molecule has 1 aromatic heterocycles. The summed E-state index contributed by atoms with van der Waals surface area (Å²) in [6, 6.07) is 0. The van der Waals surface area contributed by atoms with Crippen molar-refractivity contribution in [1.29, 1.82) is 0 Å². The van der Waals surface area contributed by atoms with E-state index in [2.05, 4.69) is 26.1 Å². The Kier molecular flexibility index (Phi) is 5.67. The van der Waals surface area contributed by atoms with E-state index in [4.69, 9.17) is 19.4 Å². The third kappa shape index (κ3) is 3.99. The van der Waals surface area contributed by atoms with E-state index in [1.54, 1.807) is 7.11 Å². The van der Waals surface area contributed by atoms with E-state index >= 15 is 0 Å². The zero-order chi connectivity index (χ0) is 15.3. The Labute approximate surface area is 127 Å². The van der Waals surface area contributed by atoms with Crippen molar-refractivity contribution in [2.24, 2.45) is 0 Å². The summed E-state index contributed by atoms with van der Waals surface area (Å²) in [4.78, 5) is 9.43. The first kappa shape index (κ1) is 16.3. The lowest BCUT2D eigenvalue weighted by molar-refractivity contribution is 0.00902. The molecule has 0 spiro atoms. The Bertz CT molecular complexity index is 448. The second-order valence-electron chi connectivity index (χ2n) is 5.87. The zero-order valence-corrected chi connectivity index (χ0v) is 13.7. The van der Waals surface area contributed by atoms with Crippen LogP contribution in [-0.2, 0) is 21.5 Å². The molecule has 1 aliphatic rings. The molecule has 0 amide bonds. The molecule has 0 bridgehead atoms. The first-order chi connectivity index (χ1) is 10.1. The van der Waals surface area contributed by atoms with E-state index in [1.165, 1.54) is 5.56 Å². The fourth-order valence-corrected chi connectivity index (χ4v) is 2.81. The van der Waals surface area contributed by atoms with Crippen LogP contribution in [0.5, 0.6) is 0 Å². The predicted octanol–water partition coefficient (Wildman–Crippen LogP) is 1.90. The van der Waals surface area contributed by atoms with Crippen molar-refractivity contribution < 1.29 is 9.47 Å². The van der Waals surface area contributed by atoms with Gasteiger partial charge in [-0.2, -0.15) is 0 Å². The number of aromatic nitrogens is 2. The second kappa shape index (κ2) is 7.29. The van der Waals surface area contributed by atoms with E-state index in [0.29, 0.717) is 0 Å². The van der Waals surface area contributed by atoms with Crippen molar-refractivity contribution in [3.63, 3.8) is 0 Å². The van der Waals surface area contributed by atoms with Gasteiger partial charge in [-0.1, -0.05) is 0 Å². The van der Waals surface area contributed by atoms with Crippen molar-refractivity contribution >= 4 is 0 Å². The highest BCUT2D eigenvalue weighted by atomic mass is 16.5. The van der Waals surface area contributed by atoms with Gasteiger partial charge in [0.15, 0.2) is 5.82 Å². The summed E-state index contributed by atoms with van der Waals surface area (Å²) in [5.74, 6) is 0.839. The van der Waals surface area contributed by atoms with E-state index in [1.807, 2.05) is 0 Å². The summed E-state index contributed by atoms with van der Waals surface area (Å²) in [5, 5.41) is 3.36. The summed E-state index contributed by atoms with van der Waals surface area (Å²) in [7, 11) is 1.72. The largest absolute Gasteiger partial charge is 0.383 e. The molecule has 0 aromatic carbocycles. The zero-order valence-electron chi connectivity index (χ0n) is 13.7. The van der Waals surface area contributed by atoms with Crippen LogP contribution in [0, 0.1) is 13.8 Å². The van der Waals surface area contributed by atoms with Crippen molar-refractivity contribution in [3.8, 4) is 0 Å². The van der Waals surface area contributed by atoms with Gasteiger partial charge in [-0.15, -0.1) is 0 Å². The molecule has 1 unspecified atom stereocenters. The Morgan fingerprint density at radius 2 is 1.95 bits per heavy atom. The summed E-state index contributed by atoms with van der Waals surface area (Å²) in [5.41, 5.74) is 3.08. The Morgan fingerprint density at radius 3 is 2.52 bits per heavy atom. The molecule has 5 nitrogen and oxygen atoms in total. The van der Waals surface area contributed by atoms with Crippen molar-refractivity contribution in [1.82, 2.24) is 15.3 Å². The van der Waals surface area contributed by atoms with Gasteiger partial charge in [0.2, 0.25) is 0 Å². The molecule has 2 rings (SSSR count). The lowest BCUT2D eigenvalue weighted by atomic mass is 10.0. The highest BCUT2D eigenvalue weighted by Crippen LogP contribution is 2.33. The van der Waals surface area contributed by atoms with E-state index in [9.17, 15) is 0 Å². The SMILES string of the molecule is COCCNCCc1c(C)nc(C2(C)CCCO2)nc1C. The van der Waals surface area contributed by atoms with Gasteiger partial charge in [0, 0.05) is 31.6 Å². The lowest BCUT2D eigenvalue weighted by Crippen LogP contribution is -2.26. The van der Waals surface area contributed by atoms with E-state index in [0.717, 1.165) is 62.8 Å². The number of methoxy groups -OCH3 is 1. The number of aryl methyl sites for hydroxylation is 2. The minimum absolute atomic E-state index is 0.301. The summed E-state index contributed by atoms with van der Waals surface area (Å²) in [6.45, 7) is 9.58. The molecule has 1 aliphatic heterocycles. The maximum absolute atomic E-state index is 5.85. The van der Waals surface area contributed by atoms with Gasteiger partial charge < -0.3 is 14.8 Å². The number of rotatable bonds is 7. The molecule has 0 radical (unpaired) electrons. The van der Waals surface area contributed by atoms with Gasteiger partial charge in [-0.25, -0.2) is 9.97 Å². The molecule has 1 saturated heterocycles. The molecule has 1 atom stereocenters. The highest BCUT2D eigenvalue weighted by Gasteiger charge is 2.35. The van der Waals surface area contributed by atoms with Gasteiger partial charge in [0.05, 0.1) is 6.61 Å². The minimum Gasteiger partial charge on any atom is -0.383 e. The first-order valence-corrected chi connectivity index (χ1v) is 7.75. The van der Waals surface area contributed by atoms with Crippen molar-refractivity contribution in [2.45, 2.75) is 45.6 Å². The van der Waals surface area contributed by atoms with Crippen molar-refractivity contribution in [2.75, 3.05) is 33.4 Å². The third-order valence-electron chi connectivity index (χ3n) is 4.15.